The number of fused-ring (bicyclic) bond motifs is 1. The Morgan fingerprint density at radius 3 is 2.91 bits per heavy atom. The molecular formula is C18H18N4O. The standard InChI is InChI=1S/C18H18N4O/c23-18(14-5-2-6-14)20-16-9-11-22(21-16)12-15-7-1-4-13-8-3-10-19-17(13)15/h1,3-4,7-11,14H,2,5-6,12H2,(H,20,21,23). The Morgan fingerprint density at radius 1 is 1.22 bits per heavy atom. The highest BCUT2D eigenvalue weighted by Gasteiger charge is 2.25. The van der Waals surface area contributed by atoms with Gasteiger partial charge in [-0.15, -0.1) is 0 Å². The zero-order valence-corrected chi connectivity index (χ0v) is 12.8. The van der Waals surface area contributed by atoms with Gasteiger partial charge in [0.25, 0.3) is 0 Å². The molecule has 1 N–H and O–H groups in total. The van der Waals surface area contributed by atoms with Crippen molar-refractivity contribution in [3.63, 3.8) is 0 Å². The molecule has 4 rings (SSSR count). The largest absolute Gasteiger partial charge is 0.309 e. The van der Waals surface area contributed by atoms with Crippen molar-refractivity contribution in [2.24, 2.45) is 5.92 Å². The summed E-state index contributed by atoms with van der Waals surface area (Å²) in [6.07, 6.45) is 6.83. The molecule has 2 aromatic heterocycles. The zero-order chi connectivity index (χ0) is 15.6. The van der Waals surface area contributed by atoms with E-state index >= 15 is 0 Å². The van der Waals surface area contributed by atoms with Gasteiger partial charge < -0.3 is 5.32 Å². The van der Waals surface area contributed by atoms with E-state index in [1.54, 1.807) is 6.20 Å². The summed E-state index contributed by atoms with van der Waals surface area (Å²) in [5.41, 5.74) is 2.11. The summed E-state index contributed by atoms with van der Waals surface area (Å²) < 4.78 is 1.83. The summed E-state index contributed by atoms with van der Waals surface area (Å²) >= 11 is 0. The van der Waals surface area contributed by atoms with Crippen LogP contribution in [0.1, 0.15) is 24.8 Å². The van der Waals surface area contributed by atoms with Crippen molar-refractivity contribution < 1.29 is 4.79 Å². The predicted octanol–water partition coefficient (Wildman–Crippen LogP) is 3.22. The average Bonchev–Trinajstić information content (AvgIpc) is 2.93. The van der Waals surface area contributed by atoms with Crippen molar-refractivity contribution >= 4 is 22.6 Å². The summed E-state index contributed by atoms with van der Waals surface area (Å²) in [7, 11) is 0. The van der Waals surface area contributed by atoms with Gasteiger partial charge in [-0.05, 0) is 24.5 Å². The summed E-state index contributed by atoms with van der Waals surface area (Å²) in [6.45, 7) is 0.633. The molecule has 5 nitrogen and oxygen atoms in total. The van der Waals surface area contributed by atoms with Gasteiger partial charge in [-0.1, -0.05) is 30.7 Å². The topological polar surface area (TPSA) is 59.8 Å². The number of hydrogen-bond acceptors (Lipinski definition) is 3. The third-order valence-corrected chi connectivity index (χ3v) is 4.42. The maximum atomic E-state index is 12.0. The third-order valence-electron chi connectivity index (χ3n) is 4.42. The van der Waals surface area contributed by atoms with Crippen LogP contribution >= 0.6 is 0 Å². The number of amides is 1. The molecule has 0 bridgehead atoms. The number of anilines is 1. The normalized spacial score (nSPS) is 14.6. The van der Waals surface area contributed by atoms with Crippen molar-refractivity contribution in [1.29, 1.82) is 0 Å². The van der Waals surface area contributed by atoms with Crippen molar-refractivity contribution in [2.45, 2.75) is 25.8 Å². The molecule has 5 heteroatoms. The Labute approximate surface area is 134 Å². The molecular weight excluding hydrogens is 288 g/mol. The predicted molar refractivity (Wildman–Crippen MR) is 89.0 cm³/mol. The van der Waals surface area contributed by atoms with E-state index in [4.69, 9.17) is 0 Å². The number of nitrogens with zero attached hydrogens (tertiary/aromatic N) is 3. The highest BCUT2D eigenvalue weighted by Crippen LogP contribution is 2.27. The van der Waals surface area contributed by atoms with Crippen molar-refractivity contribution in [3.8, 4) is 0 Å². The Morgan fingerprint density at radius 2 is 2.09 bits per heavy atom. The Bertz CT molecular complexity index is 846. The molecule has 1 aliphatic rings. The second kappa shape index (κ2) is 5.83. The second-order valence-corrected chi connectivity index (χ2v) is 6.01. The van der Waals surface area contributed by atoms with Gasteiger partial charge in [0, 0.05) is 29.8 Å². The van der Waals surface area contributed by atoms with Gasteiger partial charge in [-0.25, -0.2) is 0 Å². The quantitative estimate of drug-likeness (QED) is 0.805. The maximum Gasteiger partial charge on any atom is 0.228 e. The number of carbonyl (C=O) groups excluding carboxylic acids is 1. The summed E-state index contributed by atoms with van der Waals surface area (Å²) in [5.74, 6) is 0.880. The van der Waals surface area contributed by atoms with Crippen molar-refractivity contribution in [1.82, 2.24) is 14.8 Å². The third kappa shape index (κ3) is 2.82. The smallest absolute Gasteiger partial charge is 0.228 e. The number of para-hydroxylation sites is 1. The first-order valence-corrected chi connectivity index (χ1v) is 7.96. The SMILES string of the molecule is O=C(Nc1ccn(Cc2cccc3cccnc23)n1)C1CCC1. The van der Waals surface area contributed by atoms with Gasteiger partial charge >= 0.3 is 0 Å². The van der Waals surface area contributed by atoms with E-state index in [0.29, 0.717) is 12.4 Å². The Balaban J connectivity index is 1.51. The number of pyridine rings is 1. The van der Waals surface area contributed by atoms with Crippen LogP contribution in [0.4, 0.5) is 5.82 Å². The fourth-order valence-corrected chi connectivity index (χ4v) is 2.88. The molecule has 116 valence electrons. The molecule has 0 radical (unpaired) electrons. The van der Waals surface area contributed by atoms with E-state index in [-0.39, 0.29) is 11.8 Å². The first-order chi connectivity index (χ1) is 11.3. The summed E-state index contributed by atoms with van der Waals surface area (Å²) in [5, 5.41) is 8.47. The molecule has 0 unspecified atom stereocenters. The van der Waals surface area contributed by atoms with Crippen LogP contribution in [0.5, 0.6) is 0 Å². The first kappa shape index (κ1) is 13.9. The minimum atomic E-state index is 0.0910. The first-order valence-electron chi connectivity index (χ1n) is 7.96. The summed E-state index contributed by atoms with van der Waals surface area (Å²) in [4.78, 5) is 16.4. The van der Waals surface area contributed by atoms with Crippen LogP contribution in [0.3, 0.4) is 0 Å². The fraction of sp³-hybridized carbons (Fsp3) is 0.278. The van der Waals surface area contributed by atoms with Crippen LogP contribution in [0, 0.1) is 5.92 Å². The van der Waals surface area contributed by atoms with Gasteiger partial charge in [0.1, 0.15) is 0 Å². The average molecular weight is 306 g/mol. The van der Waals surface area contributed by atoms with E-state index in [0.717, 1.165) is 35.7 Å². The number of aromatic nitrogens is 3. The van der Waals surface area contributed by atoms with Crippen LogP contribution in [-0.4, -0.2) is 20.7 Å². The molecule has 1 fully saturated rings. The second-order valence-electron chi connectivity index (χ2n) is 6.01. The highest BCUT2D eigenvalue weighted by molar-refractivity contribution is 5.92. The van der Waals surface area contributed by atoms with Gasteiger partial charge in [-0.3, -0.25) is 14.5 Å². The Kier molecular flexibility index (Phi) is 3.54. The molecule has 1 aromatic carbocycles. The van der Waals surface area contributed by atoms with Gasteiger partial charge in [0.15, 0.2) is 5.82 Å². The highest BCUT2D eigenvalue weighted by atomic mass is 16.2. The molecule has 0 aliphatic heterocycles. The van der Waals surface area contributed by atoms with E-state index < -0.39 is 0 Å². The lowest BCUT2D eigenvalue weighted by atomic mass is 9.85. The van der Waals surface area contributed by atoms with Gasteiger partial charge in [0.05, 0.1) is 12.1 Å². The number of carbonyl (C=O) groups is 1. The lowest BCUT2D eigenvalue weighted by molar-refractivity contribution is -0.122. The maximum absolute atomic E-state index is 12.0. The van der Waals surface area contributed by atoms with E-state index in [1.165, 1.54) is 0 Å². The van der Waals surface area contributed by atoms with Crippen LogP contribution in [-0.2, 0) is 11.3 Å². The minimum absolute atomic E-state index is 0.0910. The molecule has 0 saturated heterocycles. The summed E-state index contributed by atoms with van der Waals surface area (Å²) in [6, 6.07) is 12.0. The zero-order valence-electron chi connectivity index (χ0n) is 12.8. The number of benzene rings is 1. The van der Waals surface area contributed by atoms with Crippen LogP contribution in [0.15, 0.2) is 48.8 Å². The molecule has 3 aromatic rings. The Hall–Kier alpha value is -2.69. The number of hydrogen-bond donors (Lipinski definition) is 1. The monoisotopic (exact) mass is 306 g/mol. The van der Waals surface area contributed by atoms with Crippen LogP contribution in [0.25, 0.3) is 10.9 Å². The van der Waals surface area contributed by atoms with E-state index in [2.05, 4.69) is 33.6 Å². The molecule has 1 aliphatic carbocycles. The fourth-order valence-electron chi connectivity index (χ4n) is 2.88. The van der Waals surface area contributed by atoms with Gasteiger partial charge in [-0.2, -0.15) is 5.10 Å². The lowest BCUT2D eigenvalue weighted by Gasteiger charge is -2.23. The van der Waals surface area contributed by atoms with Crippen molar-refractivity contribution in [2.75, 3.05) is 5.32 Å². The molecule has 1 amide bonds. The van der Waals surface area contributed by atoms with Crippen LogP contribution in [0.2, 0.25) is 0 Å². The molecule has 2 heterocycles. The van der Waals surface area contributed by atoms with Crippen molar-refractivity contribution in [3.05, 3.63) is 54.4 Å². The molecule has 0 atom stereocenters. The molecule has 1 saturated carbocycles. The lowest BCUT2D eigenvalue weighted by Crippen LogP contribution is -2.28. The van der Waals surface area contributed by atoms with Gasteiger partial charge in [0.2, 0.25) is 5.91 Å². The van der Waals surface area contributed by atoms with E-state index in [9.17, 15) is 4.79 Å². The number of nitrogens with one attached hydrogen (secondary N) is 1. The number of rotatable bonds is 4. The van der Waals surface area contributed by atoms with E-state index in [1.807, 2.05) is 29.1 Å². The van der Waals surface area contributed by atoms with Crippen LogP contribution < -0.4 is 5.32 Å². The molecule has 23 heavy (non-hydrogen) atoms. The minimum Gasteiger partial charge on any atom is -0.309 e. The molecule has 0 spiro atoms.